The highest BCUT2D eigenvalue weighted by atomic mass is 35.5. The summed E-state index contributed by atoms with van der Waals surface area (Å²) >= 11 is 10.8. The van der Waals surface area contributed by atoms with Crippen LogP contribution in [-0.4, -0.2) is 27.2 Å². The van der Waals surface area contributed by atoms with Gasteiger partial charge in [-0.15, -0.1) is 0 Å². The number of ether oxygens (including phenoxy) is 3. The number of halogens is 5. The van der Waals surface area contributed by atoms with Crippen LogP contribution in [0, 0.1) is 92.1 Å². The average Bonchev–Trinajstić information content (AvgIpc) is 0.903. The lowest BCUT2D eigenvalue weighted by molar-refractivity contribution is 0.409. The largest absolute Gasteiger partial charge is 0.497 e. The maximum Gasteiger partial charge on any atom is 0.142 e. The fourth-order valence-electron chi connectivity index (χ4n) is 8.71. The maximum absolute atomic E-state index is 12.7. The van der Waals surface area contributed by atoms with Crippen molar-refractivity contribution in [3.05, 3.63) is 333 Å². The lowest BCUT2D eigenvalue weighted by atomic mass is 10.1. The topological polar surface area (TPSA) is 286 Å². The summed E-state index contributed by atoms with van der Waals surface area (Å²) in [6.45, 7) is 24.3. The van der Waals surface area contributed by atoms with Crippen molar-refractivity contribution in [1.29, 1.82) is 5.41 Å². The lowest BCUT2D eigenvalue weighted by Crippen LogP contribution is -2.10. The molecule has 0 unspecified atom stereocenters. The standard InChI is InChI=1S/C9H14N2.3C9H13NO.C8H10FN.C8H10N2.2C8H11N.2C7H6ClF/c1-7-4-8(5-10)2-3-9(7)6-11;1-7-5-9(11-2)4-3-8(7)6-10;1-7-3-4-9(11-2)5-8(7)6-10;1-7-4-3-5-9(11-2)8(7)6-10;1-6-7(5-10)3-2-4-8(6)9;1-6-3-2-4-7(5-6)8(9)10;1-7-2-4-8(6-9)5-3-7;1-7-3-2-4-8(5-7)6-9;1-5-2-3-7(9)6(8)4-5;1-5-2-3-6(8)7(9)4-5/h2-4H,5-6,10-11H2,1H3;3*3-5H,6,10H2,1-2H3;2-4H,5,10H2,1H3;2-5H,1H3,(H3,9,10);2*2-5H,6,9H2,1H3;2*2-4H,1H3. The van der Waals surface area contributed by atoms with Crippen molar-refractivity contribution in [3.8, 4) is 17.2 Å². The molecular weight excluding hydrogens is 1300 g/mol. The summed E-state index contributed by atoms with van der Waals surface area (Å²) in [6, 6.07) is 62.3. The molecule has 0 saturated heterocycles. The number of nitrogens with two attached hydrogens (primary N) is 9. The van der Waals surface area contributed by atoms with Crippen LogP contribution in [0.5, 0.6) is 17.2 Å². The number of methoxy groups -OCH3 is 3. The van der Waals surface area contributed by atoms with Gasteiger partial charge in [0, 0.05) is 63.5 Å². The first kappa shape index (κ1) is 89.1. The van der Waals surface area contributed by atoms with Gasteiger partial charge in [-0.05, 0) is 214 Å². The summed E-state index contributed by atoms with van der Waals surface area (Å²) in [7, 11) is 4.98. The van der Waals surface area contributed by atoms with Crippen LogP contribution in [0.4, 0.5) is 13.2 Å². The minimum atomic E-state index is -0.359. The second-order valence-corrected chi connectivity index (χ2v) is 23.7. The molecule has 13 nitrogen and oxygen atoms in total. The van der Waals surface area contributed by atoms with Gasteiger partial charge in [0.05, 0.1) is 31.4 Å². The summed E-state index contributed by atoms with van der Waals surface area (Å²) in [5.74, 6) is 1.88. The molecule has 0 heterocycles. The Morgan fingerprint density at radius 2 is 0.820 bits per heavy atom. The van der Waals surface area contributed by atoms with E-state index < -0.39 is 0 Å². The summed E-state index contributed by atoms with van der Waals surface area (Å²) < 4.78 is 52.8. The molecule has 0 aliphatic heterocycles. The van der Waals surface area contributed by atoms with Crippen LogP contribution in [0.3, 0.4) is 0 Å². The van der Waals surface area contributed by atoms with Crippen molar-refractivity contribution < 1.29 is 27.4 Å². The number of hydrogen-bond donors (Lipinski definition) is 10. The van der Waals surface area contributed by atoms with Crippen molar-refractivity contribution in [3.63, 3.8) is 0 Å². The summed E-state index contributed by atoms with van der Waals surface area (Å²) in [5, 5.41) is 7.48. The van der Waals surface area contributed by atoms with Gasteiger partial charge >= 0.3 is 0 Å². The summed E-state index contributed by atoms with van der Waals surface area (Å²) in [4.78, 5) is 0. The Hall–Kier alpha value is -8.88. The van der Waals surface area contributed by atoms with Crippen LogP contribution in [0.25, 0.3) is 0 Å². The molecule has 0 atom stereocenters. The van der Waals surface area contributed by atoms with Gasteiger partial charge in [0.25, 0.3) is 0 Å². The molecule has 0 aliphatic carbocycles. The molecule has 18 heteroatoms. The Labute approximate surface area is 603 Å². The zero-order valence-corrected chi connectivity index (χ0v) is 62.0. The molecule has 10 rings (SSSR count). The monoisotopic (exact) mass is 1410 g/mol. The zero-order chi connectivity index (χ0) is 75.3. The molecule has 0 saturated carbocycles. The van der Waals surface area contributed by atoms with Gasteiger partial charge in [0.2, 0.25) is 0 Å². The lowest BCUT2D eigenvalue weighted by Gasteiger charge is -2.08. The van der Waals surface area contributed by atoms with E-state index in [1.165, 1.54) is 79.4 Å². The SMILES string of the molecule is COc1ccc(C)c(CN)c1.COc1ccc(CN)c(C)c1.COc1cccc(C)c1CN.Cc1c(F)cccc1CN.Cc1cc(CN)ccc1CN.Cc1ccc(CN)cc1.Cc1ccc(Cl)c(F)c1.Cc1ccc(F)c(Cl)c1.Cc1cccc(C(=N)N)c1.Cc1cccc(CN)c1. The molecule has 0 radical (unpaired) electrons. The fraction of sp³-hybridized carbons (Fsp3) is 0.256. The first-order valence-electron chi connectivity index (χ1n) is 32.3. The molecular formula is C82H107Cl2F3N10O3. The number of benzene rings is 10. The predicted molar refractivity (Wildman–Crippen MR) is 415 cm³/mol. The van der Waals surface area contributed by atoms with Gasteiger partial charge in [-0.2, -0.15) is 0 Å². The van der Waals surface area contributed by atoms with Crippen molar-refractivity contribution in [2.75, 3.05) is 21.3 Å². The van der Waals surface area contributed by atoms with E-state index in [1.54, 1.807) is 58.6 Å². The summed E-state index contributed by atoms with van der Waals surface area (Å²) in [6.07, 6.45) is 0. The highest BCUT2D eigenvalue weighted by Crippen LogP contribution is 2.22. The number of hydrogen-bond acceptors (Lipinski definition) is 12. The molecule has 100 heavy (non-hydrogen) atoms. The number of nitrogen functional groups attached to an aromatic ring is 1. The normalized spacial score (nSPS) is 9.70. The highest BCUT2D eigenvalue weighted by Gasteiger charge is 2.04. The van der Waals surface area contributed by atoms with Crippen LogP contribution in [0.15, 0.2) is 200 Å². The van der Waals surface area contributed by atoms with E-state index in [0.29, 0.717) is 57.9 Å². The number of amidine groups is 1. The Kier molecular flexibility index (Phi) is 45.0. The predicted octanol–water partition coefficient (Wildman–Crippen LogP) is 16.7. The van der Waals surface area contributed by atoms with E-state index >= 15 is 0 Å². The van der Waals surface area contributed by atoms with E-state index in [2.05, 4.69) is 63.2 Å². The minimum absolute atomic E-state index is 0.128. The third kappa shape index (κ3) is 35.2. The Morgan fingerprint density at radius 3 is 1.26 bits per heavy atom. The van der Waals surface area contributed by atoms with Crippen molar-refractivity contribution >= 4 is 29.0 Å². The maximum atomic E-state index is 12.7. The molecule has 0 fully saturated rings. The van der Waals surface area contributed by atoms with E-state index in [9.17, 15) is 13.2 Å². The van der Waals surface area contributed by atoms with Crippen LogP contribution in [0.2, 0.25) is 10.0 Å². The van der Waals surface area contributed by atoms with Gasteiger partial charge in [0.1, 0.15) is 40.5 Å². The van der Waals surface area contributed by atoms with Crippen molar-refractivity contribution in [2.45, 2.75) is 122 Å². The van der Waals surface area contributed by atoms with E-state index in [0.717, 1.165) is 56.2 Å². The molecule has 0 amide bonds. The Balaban J connectivity index is 0.000000556. The van der Waals surface area contributed by atoms with Gasteiger partial charge in [-0.1, -0.05) is 173 Å². The Morgan fingerprint density at radius 1 is 0.340 bits per heavy atom. The van der Waals surface area contributed by atoms with E-state index in [4.69, 9.17) is 94.4 Å². The second kappa shape index (κ2) is 50.4. The first-order chi connectivity index (χ1) is 47.6. The highest BCUT2D eigenvalue weighted by molar-refractivity contribution is 6.31. The molecule has 10 aromatic carbocycles. The minimum Gasteiger partial charge on any atom is -0.497 e. The van der Waals surface area contributed by atoms with Crippen molar-refractivity contribution in [2.24, 2.45) is 51.6 Å². The van der Waals surface area contributed by atoms with E-state index in [-0.39, 0.29) is 33.3 Å². The van der Waals surface area contributed by atoms with Gasteiger partial charge in [0.15, 0.2) is 0 Å². The van der Waals surface area contributed by atoms with Gasteiger partial charge < -0.3 is 65.8 Å². The van der Waals surface area contributed by atoms with Gasteiger partial charge in [-0.25, -0.2) is 13.2 Å². The second-order valence-electron chi connectivity index (χ2n) is 22.9. The fourth-order valence-corrected chi connectivity index (χ4v) is 9.07. The zero-order valence-electron chi connectivity index (χ0n) is 60.5. The Bertz CT molecular complexity index is 3890. The van der Waals surface area contributed by atoms with Crippen LogP contribution in [0.1, 0.15) is 106 Å². The molecule has 0 bridgehead atoms. The molecule has 10 aromatic rings. The number of aryl methyl sites for hydroxylation is 9. The van der Waals surface area contributed by atoms with Gasteiger partial charge in [-0.3, -0.25) is 5.41 Å². The molecule has 0 aliphatic rings. The number of nitrogens with one attached hydrogen (secondary N) is 1. The average molecular weight is 1410 g/mol. The smallest absolute Gasteiger partial charge is 0.142 e. The molecule has 0 spiro atoms. The third-order valence-electron chi connectivity index (χ3n) is 15.0. The van der Waals surface area contributed by atoms with Crippen LogP contribution >= 0.6 is 23.2 Å². The quantitative estimate of drug-likeness (QED) is 0.0404. The molecule has 19 N–H and O–H groups in total. The molecule has 0 aromatic heterocycles. The number of rotatable bonds is 12. The van der Waals surface area contributed by atoms with Crippen LogP contribution < -0.4 is 65.8 Å². The summed E-state index contributed by atoms with van der Waals surface area (Å²) in [5.41, 5.74) is 69.9. The van der Waals surface area contributed by atoms with E-state index in [1.807, 2.05) is 151 Å². The third-order valence-corrected chi connectivity index (χ3v) is 15.5. The van der Waals surface area contributed by atoms with Crippen molar-refractivity contribution in [1.82, 2.24) is 0 Å². The van der Waals surface area contributed by atoms with Crippen LogP contribution in [-0.2, 0) is 52.4 Å². The first-order valence-corrected chi connectivity index (χ1v) is 33.1. The molecule has 538 valence electrons.